The van der Waals surface area contributed by atoms with E-state index in [0.717, 1.165) is 22.2 Å². The van der Waals surface area contributed by atoms with Crippen LogP contribution < -0.4 is 14.8 Å². The molecular formula is C17H17N3O4S2. The van der Waals surface area contributed by atoms with Gasteiger partial charge in [0.1, 0.15) is 5.75 Å². The molecule has 0 atom stereocenters. The van der Waals surface area contributed by atoms with Crippen LogP contribution in [0.1, 0.15) is 17.3 Å². The molecule has 3 aromatic rings. The van der Waals surface area contributed by atoms with E-state index < -0.39 is 10.0 Å². The van der Waals surface area contributed by atoms with Gasteiger partial charge in [0.25, 0.3) is 5.91 Å². The number of thiazole rings is 1. The maximum Gasteiger partial charge on any atom is 0.257 e. The number of benzene rings is 2. The summed E-state index contributed by atoms with van der Waals surface area (Å²) in [7, 11) is -3.41. The summed E-state index contributed by atoms with van der Waals surface area (Å²) in [6.45, 7) is 2.49. The summed E-state index contributed by atoms with van der Waals surface area (Å²) in [5, 5.41) is 3.20. The molecule has 0 spiro atoms. The molecule has 0 unspecified atom stereocenters. The van der Waals surface area contributed by atoms with Gasteiger partial charge in [-0.1, -0.05) is 17.4 Å². The minimum atomic E-state index is -3.41. The lowest BCUT2D eigenvalue weighted by Crippen LogP contribution is -2.13. The normalized spacial score (nSPS) is 11.3. The van der Waals surface area contributed by atoms with Crippen molar-refractivity contribution < 1.29 is 17.9 Å². The number of rotatable bonds is 6. The summed E-state index contributed by atoms with van der Waals surface area (Å²) in [5.41, 5.74) is 1.42. The fourth-order valence-corrected chi connectivity index (χ4v) is 3.77. The molecule has 1 aromatic heterocycles. The number of anilines is 2. The highest BCUT2D eigenvalue weighted by Crippen LogP contribution is 2.29. The highest BCUT2D eigenvalue weighted by atomic mass is 32.2. The molecule has 0 bridgehead atoms. The lowest BCUT2D eigenvalue weighted by Gasteiger charge is -2.06. The van der Waals surface area contributed by atoms with Gasteiger partial charge in [0, 0.05) is 11.3 Å². The molecule has 7 nitrogen and oxygen atoms in total. The molecular weight excluding hydrogens is 374 g/mol. The molecule has 1 heterocycles. The van der Waals surface area contributed by atoms with Gasteiger partial charge in [0.15, 0.2) is 5.13 Å². The molecule has 0 radical (unpaired) electrons. The Kier molecular flexibility index (Phi) is 5.10. The minimum absolute atomic E-state index is 0.325. The van der Waals surface area contributed by atoms with Crippen LogP contribution in [-0.4, -0.2) is 32.2 Å². The van der Waals surface area contributed by atoms with Gasteiger partial charge in [-0.25, -0.2) is 13.4 Å². The summed E-state index contributed by atoms with van der Waals surface area (Å²) >= 11 is 1.34. The SMILES string of the molecule is CCOc1ccc2nc(NC(=O)c3cccc(NS(C)(=O)=O)c3)sc2c1. The number of nitrogens with zero attached hydrogens (tertiary/aromatic N) is 1. The molecule has 2 aromatic carbocycles. The first-order chi connectivity index (χ1) is 12.3. The number of carbonyl (C=O) groups is 1. The second-order valence-electron chi connectivity index (χ2n) is 5.49. The zero-order chi connectivity index (χ0) is 18.7. The van der Waals surface area contributed by atoms with Gasteiger partial charge in [0.05, 0.1) is 23.1 Å². The van der Waals surface area contributed by atoms with Crippen LogP contribution >= 0.6 is 11.3 Å². The quantitative estimate of drug-likeness (QED) is 0.672. The molecule has 0 saturated heterocycles. The van der Waals surface area contributed by atoms with Gasteiger partial charge in [-0.05, 0) is 43.3 Å². The molecule has 1 amide bonds. The molecule has 136 valence electrons. The Hall–Kier alpha value is -2.65. The third-order valence-electron chi connectivity index (χ3n) is 3.32. The van der Waals surface area contributed by atoms with E-state index in [9.17, 15) is 13.2 Å². The first-order valence-electron chi connectivity index (χ1n) is 7.76. The summed E-state index contributed by atoms with van der Waals surface area (Å²) in [5.74, 6) is 0.382. The maximum atomic E-state index is 12.4. The van der Waals surface area contributed by atoms with Crippen LogP contribution in [0, 0.1) is 0 Å². The average Bonchev–Trinajstić information content (AvgIpc) is 2.95. The van der Waals surface area contributed by atoms with E-state index in [0.29, 0.717) is 23.0 Å². The molecule has 2 N–H and O–H groups in total. The second kappa shape index (κ2) is 7.30. The average molecular weight is 391 g/mol. The third-order valence-corrected chi connectivity index (χ3v) is 4.86. The Morgan fingerprint density at radius 3 is 2.77 bits per heavy atom. The smallest absolute Gasteiger partial charge is 0.257 e. The van der Waals surface area contributed by atoms with Gasteiger partial charge < -0.3 is 4.74 Å². The molecule has 0 aliphatic rings. The van der Waals surface area contributed by atoms with E-state index in [1.54, 1.807) is 18.2 Å². The first-order valence-corrected chi connectivity index (χ1v) is 10.5. The number of sulfonamides is 1. The first kappa shape index (κ1) is 18.2. The van der Waals surface area contributed by atoms with Crippen LogP contribution in [0.3, 0.4) is 0 Å². The Bertz CT molecular complexity index is 1060. The number of carbonyl (C=O) groups excluding carboxylic acids is 1. The van der Waals surface area contributed by atoms with Crippen LogP contribution in [0.4, 0.5) is 10.8 Å². The Morgan fingerprint density at radius 2 is 2.04 bits per heavy atom. The van der Waals surface area contributed by atoms with E-state index in [4.69, 9.17) is 4.74 Å². The Balaban J connectivity index is 1.79. The molecule has 3 rings (SSSR count). The topological polar surface area (TPSA) is 97.4 Å². The predicted molar refractivity (Wildman–Crippen MR) is 104 cm³/mol. The van der Waals surface area contributed by atoms with Crippen LogP contribution in [0.5, 0.6) is 5.75 Å². The van der Waals surface area contributed by atoms with Crippen molar-refractivity contribution in [1.82, 2.24) is 4.98 Å². The fourth-order valence-electron chi connectivity index (χ4n) is 2.32. The van der Waals surface area contributed by atoms with Gasteiger partial charge in [0.2, 0.25) is 10.0 Å². The van der Waals surface area contributed by atoms with Crippen molar-refractivity contribution in [3.63, 3.8) is 0 Å². The summed E-state index contributed by atoms with van der Waals surface area (Å²) in [6.07, 6.45) is 1.05. The maximum absolute atomic E-state index is 12.4. The van der Waals surface area contributed by atoms with Crippen molar-refractivity contribution >= 4 is 48.3 Å². The standard InChI is InChI=1S/C17H17N3O4S2/c1-3-24-13-7-8-14-15(10-13)25-17(18-14)19-16(21)11-5-4-6-12(9-11)20-26(2,22)23/h4-10,20H,3H2,1-2H3,(H,18,19,21). The number of hydrogen-bond acceptors (Lipinski definition) is 6. The zero-order valence-corrected chi connectivity index (χ0v) is 15.8. The summed E-state index contributed by atoms with van der Waals surface area (Å²) < 4.78 is 31.3. The number of fused-ring (bicyclic) bond motifs is 1. The molecule has 26 heavy (non-hydrogen) atoms. The van der Waals surface area contributed by atoms with Gasteiger partial charge >= 0.3 is 0 Å². The minimum Gasteiger partial charge on any atom is -0.494 e. The van der Waals surface area contributed by atoms with Crippen molar-refractivity contribution in [2.75, 3.05) is 22.9 Å². The molecule has 0 aliphatic carbocycles. The van der Waals surface area contributed by atoms with Crippen LogP contribution in [0.25, 0.3) is 10.2 Å². The van der Waals surface area contributed by atoms with Crippen LogP contribution in [0.2, 0.25) is 0 Å². The van der Waals surface area contributed by atoms with Crippen molar-refractivity contribution in [2.24, 2.45) is 0 Å². The van der Waals surface area contributed by atoms with Gasteiger partial charge in [-0.3, -0.25) is 14.8 Å². The zero-order valence-electron chi connectivity index (χ0n) is 14.1. The highest BCUT2D eigenvalue weighted by molar-refractivity contribution is 7.92. The van der Waals surface area contributed by atoms with E-state index >= 15 is 0 Å². The lowest BCUT2D eigenvalue weighted by molar-refractivity contribution is 0.102. The largest absolute Gasteiger partial charge is 0.494 e. The van der Waals surface area contributed by atoms with Gasteiger partial charge in [-0.2, -0.15) is 0 Å². The highest BCUT2D eigenvalue weighted by Gasteiger charge is 2.12. The van der Waals surface area contributed by atoms with E-state index in [1.807, 2.05) is 25.1 Å². The number of nitrogens with one attached hydrogen (secondary N) is 2. The number of aromatic nitrogens is 1. The Labute approximate surface area is 155 Å². The molecule has 0 saturated carbocycles. The van der Waals surface area contributed by atoms with Crippen LogP contribution in [0.15, 0.2) is 42.5 Å². The number of hydrogen-bond donors (Lipinski definition) is 2. The van der Waals surface area contributed by atoms with Crippen molar-refractivity contribution in [3.05, 3.63) is 48.0 Å². The number of ether oxygens (including phenoxy) is 1. The Morgan fingerprint density at radius 1 is 1.23 bits per heavy atom. The van der Waals surface area contributed by atoms with Crippen molar-refractivity contribution in [1.29, 1.82) is 0 Å². The van der Waals surface area contributed by atoms with Crippen LogP contribution in [-0.2, 0) is 10.0 Å². The van der Waals surface area contributed by atoms with E-state index in [2.05, 4.69) is 15.0 Å². The summed E-state index contributed by atoms with van der Waals surface area (Å²) in [4.78, 5) is 16.8. The van der Waals surface area contributed by atoms with Gasteiger partial charge in [-0.15, -0.1) is 0 Å². The summed E-state index contributed by atoms with van der Waals surface area (Å²) in [6, 6.07) is 11.8. The third kappa shape index (κ3) is 4.50. The van der Waals surface area contributed by atoms with E-state index in [-0.39, 0.29) is 5.91 Å². The molecule has 0 fully saturated rings. The van der Waals surface area contributed by atoms with Crippen molar-refractivity contribution in [2.45, 2.75) is 6.92 Å². The van der Waals surface area contributed by atoms with E-state index in [1.165, 1.54) is 17.4 Å². The predicted octanol–water partition coefficient (Wildman–Crippen LogP) is 3.32. The number of amides is 1. The van der Waals surface area contributed by atoms with Crippen molar-refractivity contribution in [3.8, 4) is 5.75 Å². The lowest BCUT2D eigenvalue weighted by atomic mass is 10.2. The molecule has 0 aliphatic heterocycles. The monoisotopic (exact) mass is 391 g/mol. The fraction of sp³-hybridized carbons (Fsp3) is 0.176. The molecule has 9 heteroatoms. The second-order valence-corrected chi connectivity index (χ2v) is 8.27.